The van der Waals surface area contributed by atoms with Gasteiger partial charge in [-0.3, -0.25) is 0 Å². The molecule has 0 N–H and O–H groups in total. The predicted octanol–water partition coefficient (Wildman–Crippen LogP) is 17.2. The van der Waals surface area contributed by atoms with Gasteiger partial charge in [0.1, 0.15) is 11.2 Å². The highest BCUT2D eigenvalue weighted by Gasteiger charge is 2.36. The highest BCUT2D eigenvalue weighted by atomic mass is 16.3. The van der Waals surface area contributed by atoms with E-state index in [2.05, 4.69) is 220 Å². The molecule has 0 saturated heterocycles. The van der Waals surface area contributed by atoms with Crippen molar-refractivity contribution < 1.29 is 4.42 Å². The summed E-state index contributed by atoms with van der Waals surface area (Å²) in [7, 11) is 0. The van der Waals surface area contributed by atoms with Crippen LogP contribution in [0.4, 0.5) is 0 Å². The molecule has 1 aliphatic rings. The van der Waals surface area contributed by atoms with Crippen molar-refractivity contribution in [2.75, 3.05) is 0 Å². The van der Waals surface area contributed by atoms with Gasteiger partial charge in [0.25, 0.3) is 0 Å². The highest BCUT2D eigenvalue weighted by molar-refractivity contribution is 6.22. The number of hydrogen-bond donors (Lipinski definition) is 0. The molecular weight excluding hydrogens is 749 g/mol. The molecule has 1 aliphatic carbocycles. The van der Waals surface area contributed by atoms with Crippen molar-refractivity contribution >= 4 is 65.0 Å². The molecule has 0 fully saturated rings. The van der Waals surface area contributed by atoms with E-state index in [1.165, 1.54) is 110 Å². The number of fused-ring (bicyclic) bond motifs is 10. The first-order valence-corrected chi connectivity index (χ1v) is 21.6. The molecule has 1 heteroatoms. The van der Waals surface area contributed by atoms with Crippen molar-refractivity contribution in [3.05, 3.63) is 217 Å². The summed E-state index contributed by atoms with van der Waals surface area (Å²) >= 11 is 0. The van der Waals surface area contributed by atoms with E-state index in [1.807, 2.05) is 0 Å². The van der Waals surface area contributed by atoms with Crippen LogP contribution in [0.3, 0.4) is 0 Å². The molecule has 0 atom stereocenters. The van der Waals surface area contributed by atoms with E-state index >= 15 is 0 Å². The van der Waals surface area contributed by atoms with Gasteiger partial charge in [-0.05, 0) is 164 Å². The average Bonchev–Trinajstić information content (AvgIpc) is 3.79. The van der Waals surface area contributed by atoms with Crippen molar-refractivity contribution in [1.29, 1.82) is 0 Å². The fourth-order valence-electron chi connectivity index (χ4n) is 10.7. The lowest BCUT2D eigenvalue weighted by Gasteiger charge is -2.22. The molecular formula is C61H40O. The van der Waals surface area contributed by atoms with Crippen molar-refractivity contribution in [2.45, 2.75) is 19.3 Å². The summed E-state index contributed by atoms with van der Waals surface area (Å²) in [6.45, 7) is 4.72. The van der Waals surface area contributed by atoms with Crippen LogP contribution in [0.15, 0.2) is 211 Å². The standard InChI is InChI=1S/C61H40O/c1-61(2)55-27-24-43(33-51(55)52-32-40-14-5-6-15-41(40)36-56(52)61)44-25-28-57-53(34-44)54-35-46(26-29-58(54)62-57)60-49-20-9-7-18-47(49)59(48-19-8-10-21-50(48)60)45-17-11-16-39(31-45)42-23-22-37-12-3-4-13-38(37)30-42/h3-36H,1-2H3. The van der Waals surface area contributed by atoms with Crippen LogP contribution in [-0.2, 0) is 5.41 Å². The van der Waals surface area contributed by atoms with E-state index in [0.29, 0.717) is 0 Å². The zero-order valence-corrected chi connectivity index (χ0v) is 34.5. The SMILES string of the molecule is CC1(C)c2ccc(-c3ccc4oc5ccc(-c6c7ccccc7c(-c7cccc(-c8ccc9ccccc9c8)c7)c7ccccc67)cc5c4c3)cc2-c2cc3ccccc3cc21. The van der Waals surface area contributed by atoms with Gasteiger partial charge in [-0.15, -0.1) is 0 Å². The Morgan fingerprint density at radius 1 is 0.290 bits per heavy atom. The largest absolute Gasteiger partial charge is 0.456 e. The molecule has 12 aromatic rings. The van der Waals surface area contributed by atoms with Crippen LogP contribution in [0.5, 0.6) is 0 Å². The quantitative estimate of drug-likeness (QED) is 0.162. The summed E-state index contributed by atoms with van der Waals surface area (Å²) in [6, 6.07) is 76.3. The highest BCUT2D eigenvalue weighted by Crippen LogP contribution is 2.51. The number of benzene rings is 11. The molecule has 11 aromatic carbocycles. The van der Waals surface area contributed by atoms with Gasteiger partial charge in [-0.2, -0.15) is 0 Å². The lowest BCUT2D eigenvalue weighted by molar-refractivity contribution is 0.661. The summed E-state index contributed by atoms with van der Waals surface area (Å²) in [5.41, 5.74) is 16.9. The lowest BCUT2D eigenvalue weighted by atomic mass is 9.81. The van der Waals surface area contributed by atoms with Crippen LogP contribution in [0.1, 0.15) is 25.0 Å². The third-order valence-corrected chi connectivity index (χ3v) is 13.8. The third-order valence-electron chi connectivity index (χ3n) is 13.8. The molecule has 13 rings (SSSR count). The summed E-state index contributed by atoms with van der Waals surface area (Å²) in [6.07, 6.45) is 0. The molecule has 0 aliphatic heterocycles. The molecule has 1 nitrogen and oxygen atoms in total. The average molecular weight is 789 g/mol. The Balaban J connectivity index is 0.953. The summed E-state index contributed by atoms with van der Waals surface area (Å²) in [5.74, 6) is 0. The van der Waals surface area contributed by atoms with Gasteiger partial charge < -0.3 is 4.42 Å². The zero-order valence-electron chi connectivity index (χ0n) is 34.5. The third kappa shape index (κ3) is 5.22. The van der Waals surface area contributed by atoms with Gasteiger partial charge in [0.05, 0.1) is 0 Å². The van der Waals surface area contributed by atoms with Gasteiger partial charge in [-0.1, -0.05) is 166 Å². The van der Waals surface area contributed by atoms with E-state index in [9.17, 15) is 0 Å². The van der Waals surface area contributed by atoms with Gasteiger partial charge in [0.15, 0.2) is 0 Å². The van der Waals surface area contributed by atoms with Crippen molar-refractivity contribution in [2.24, 2.45) is 0 Å². The minimum absolute atomic E-state index is 0.0667. The fourth-order valence-corrected chi connectivity index (χ4v) is 10.7. The molecule has 1 heterocycles. The van der Waals surface area contributed by atoms with E-state index in [0.717, 1.165) is 21.9 Å². The van der Waals surface area contributed by atoms with E-state index in [-0.39, 0.29) is 5.41 Å². The summed E-state index contributed by atoms with van der Waals surface area (Å²) in [5, 5.41) is 12.3. The molecule has 0 amide bonds. The summed E-state index contributed by atoms with van der Waals surface area (Å²) < 4.78 is 6.55. The second-order valence-corrected chi connectivity index (χ2v) is 17.6. The molecule has 0 saturated carbocycles. The predicted molar refractivity (Wildman–Crippen MR) is 263 cm³/mol. The number of furan rings is 1. The minimum atomic E-state index is -0.0667. The molecule has 0 unspecified atom stereocenters. The summed E-state index contributed by atoms with van der Waals surface area (Å²) in [4.78, 5) is 0. The normalized spacial score (nSPS) is 13.1. The maximum Gasteiger partial charge on any atom is 0.135 e. The molecule has 62 heavy (non-hydrogen) atoms. The molecule has 0 spiro atoms. The molecule has 1 aromatic heterocycles. The second kappa shape index (κ2) is 13.1. The first-order valence-electron chi connectivity index (χ1n) is 21.6. The zero-order chi connectivity index (χ0) is 41.1. The van der Waals surface area contributed by atoms with Crippen molar-refractivity contribution in [1.82, 2.24) is 0 Å². The van der Waals surface area contributed by atoms with Crippen LogP contribution < -0.4 is 0 Å². The smallest absolute Gasteiger partial charge is 0.135 e. The number of hydrogen-bond acceptors (Lipinski definition) is 1. The first-order chi connectivity index (χ1) is 30.5. The fraction of sp³-hybridized carbons (Fsp3) is 0.0492. The van der Waals surface area contributed by atoms with Gasteiger partial charge in [0, 0.05) is 16.2 Å². The van der Waals surface area contributed by atoms with E-state index < -0.39 is 0 Å². The van der Waals surface area contributed by atoms with Gasteiger partial charge in [-0.25, -0.2) is 0 Å². The van der Waals surface area contributed by atoms with E-state index in [1.54, 1.807) is 0 Å². The van der Waals surface area contributed by atoms with E-state index in [4.69, 9.17) is 4.42 Å². The maximum atomic E-state index is 6.55. The molecule has 0 bridgehead atoms. The monoisotopic (exact) mass is 788 g/mol. The van der Waals surface area contributed by atoms with Crippen LogP contribution in [0.2, 0.25) is 0 Å². The van der Waals surface area contributed by atoms with Gasteiger partial charge in [0.2, 0.25) is 0 Å². The van der Waals surface area contributed by atoms with Crippen LogP contribution >= 0.6 is 0 Å². The first kappa shape index (κ1) is 35.1. The van der Waals surface area contributed by atoms with Crippen molar-refractivity contribution in [3.63, 3.8) is 0 Å². The Bertz CT molecular complexity index is 3780. The minimum Gasteiger partial charge on any atom is -0.456 e. The Kier molecular flexibility index (Phi) is 7.42. The van der Waals surface area contributed by atoms with Crippen LogP contribution in [0.25, 0.3) is 121 Å². The van der Waals surface area contributed by atoms with Crippen molar-refractivity contribution in [3.8, 4) is 55.6 Å². The Morgan fingerprint density at radius 2 is 0.742 bits per heavy atom. The molecule has 0 radical (unpaired) electrons. The Hall–Kier alpha value is -7.74. The lowest BCUT2D eigenvalue weighted by Crippen LogP contribution is -2.14. The Morgan fingerprint density at radius 3 is 1.42 bits per heavy atom. The van der Waals surface area contributed by atoms with Crippen LogP contribution in [-0.4, -0.2) is 0 Å². The second-order valence-electron chi connectivity index (χ2n) is 17.6. The number of rotatable bonds is 4. The van der Waals surface area contributed by atoms with Gasteiger partial charge >= 0.3 is 0 Å². The molecule has 290 valence electrons. The Labute approximate surface area is 360 Å². The van der Waals surface area contributed by atoms with Crippen LogP contribution in [0, 0.1) is 0 Å². The topological polar surface area (TPSA) is 13.1 Å². The maximum absolute atomic E-state index is 6.55.